The quantitative estimate of drug-likeness (QED) is 0.674. The maximum absolute atomic E-state index is 6.14. The highest BCUT2D eigenvalue weighted by molar-refractivity contribution is 5.20. The molecule has 1 fully saturated rings. The highest BCUT2D eigenvalue weighted by Gasteiger charge is 2.25. The highest BCUT2D eigenvalue weighted by Crippen LogP contribution is 2.35. The second-order valence-electron chi connectivity index (χ2n) is 6.27. The number of nitrogens with zero attached hydrogens (tertiary/aromatic N) is 4. The molecule has 0 aliphatic heterocycles. The van der Waals surface area contributed by atoms with Gasteiger partial charge in [-0.1, -0.05) is 47.0 Å². The van der Waals surface area contributed by atoms with Gasteiger partial charge >= 0.3 is 6.01 Å². The first-order valence-electron chi connectivity index (χ1n) is 8.47. The summed E-state index contributed by atoms with van der Waals surface area (Å²) >= 11 is 0. The Labute approximate surface area is 144 Å². The second kappa shape index (κ2) is 7.02. The van der Waals surface area contributed by atoms with Crippen molar-refractivity contribution in [3.8, 4) is 0 Å². The Hall–Kier alpha value is -2.74. The molecule has 0 saturated heterocycles. The molecule has 8 heteroatoms. The van der Waals surface area contributed by atoms with Gasteiger partial charge in [-0.05, 0) is 24.8 Å². The summed E-state index contributed by atoms with van der Waals surface area (Å²) in [5.41, 5.74) is 7.27. The van der Waals surface area contributed by atoms with Crippen molar-refractivity contribution < 1.29 is 8.94 Å². The maximum Gasteiger partial charge on any atom is 0.315 e. The minimum Gasteiger partial charge on any atom is -0.406 e. The summed E-state index contributed by atoms with van der Waals surface area (Å²) in [6, 6.07) is 9.92. The van der Waals surface area contributed by atoms with Gasteiger partial charge < -0.3 is 20.0 Å². The third-order valence-corrected chi connectivity index (χ3v) is 4.39. The van der Waals surface area contributed by atoms with Crippen molar-refractivity contribution in [2.45, 2.75) is 44.2 Å². The minimum atomic E-state index is -0.346. The fourth-order valence-electron chi connectivity index (χ4n) is 2.73. The van der Waals surface area contributed by atoms with Gasteiger partial charge in [0.1, 0.15) is 0 Å². The minimum absolute atomic E-state index is 0.300. The summed E-state index contributed by atoms with van der Waals surface area (Å²) in [6.07, 6.45) is 4.12. The Morgan fingerprint density at radius 2 is 2.04 bits per heavy atom. The molecule has 1 aromatic carbocycles. The highest BCUT2D eigenvalue weighted by atomic mass is 16.5. The summed E-state index contributed by atoms with van der Waals surface area (Å²) in [6.45, 7) is 0.367. The zero-order valence-corrected chi connectivity index (χ0v) is 13.8. The van der Waals surface area contributed by atoms with Crippen LogP contribution in [0.4, 0.5) is 6.01 Å². The number of benzene rings is 1. The number of nitrogens with two attached hydrogens (primary N) is 1. The number of nitrogens with one attached hydrogen (secondary N) is 1. The summed E-state index contributed by atoms with van der Waals surface area (Å²) in [5.74, 6) is 2.12. The summed E-state index contributed by atoms with van der Waals surface area (Å²) < 4.78 is 10.9. The van der Waals surface area contributed by atoms with Gasteiger partial charge in [-0.3, -0.25) is 0 Å². The molecular formula is C17H20N6O2. The largest absolute Gasteiger partial charge is 0.406 e. The van der Waals surface area contributed by atoms with E-state index in [4.69, 9.17) is 14.7 Å². The molecule has 1 aliphatic rings. The van der Waals surface area contributed by atoms with E-state index in [0.29, 0.717) is 36.6 Å². The lowest BCUT2D eigenvalue weighted by Gasteiger charge is -2.20. The summed E-state index contributed by atoms with van der Waals surface area (Å²) in [4.78, 5) is 4.39. The van der Waals surface area contributed by atoms with Crippen molar-refractivity contribution >= 4 is 6.01 Å². The van der Waals surface area contributed by atoms with Crippen LogP contribution in [-0.2, 0) is 13.0 Å². The average Bonchev–Trinajstić information content (AvgIpc) is 3.22. The molecule has 0 unspecified atom stereocenters. The molecule has 1 saturated carbocycles. The lowest BCUT2D eigenvalue weighted by molar-refractivity contribution is 0.291. The van der Waals surface area contributed by atoms with E-state index in [1.807, 2.05) is 30.3 Å². The van der Waals surface area contributed by atoms with Gasteiger partial charge in [0.2, 0.25) is 11.8 Å². The molecule has 130 valence electrons. The third kappa shape index (κ3) is 3.69. The second-order valence-corrected chi connectivity index (χ2v) is 6.27. The molecule has 1 aliphatic carbocycles. The Balaban J connectivity index is 1.32. The molecule has 0 bridgehead atoms. The van der Waals surface area contributed by atoms with Gasteiger partial charge in [-0.2, -0.15) is 4.98 Å². The van der Waals surface area contributed by atoms with E-state index in [1.54, 1.807) is 0 Å². The van der Waals surface area contributed by atoms with Crippen LogP contribution in [-0.4, -0.2) is 20.3 Å². The van der Waals surface area contributed by atoms with E-state index in [9.17, 15) is 0 Å². The first kappa shape index (κ1) is 15.8. The topological polar surface area (TPSA) is 116 Å². The molecule has 3 aromatic rings. The van der Waals surface area contributed by atoms with E-state index in [2.05, 4.69) is 25.7 Å². The number of hydrogen-bond acceptors (Lipinski definition) is 8. The van der Waals surface area contributed by atoms with Crippen LogP contribution in [0.25, 0.3) is 0 Å². The molecule has 2 aromatic heterocycles. The van der Waals surface area contributed by atoms with Crippen LogP contribution in [0, 0.1) is 0 Å². The molecule has 2 heterocycles. The van der Waals surface area contributed by atoms with Crippen LogP contribution >= 0.6 is 0 Å². The van der Waals surface area contributed by atoms with E-state index < -0.39 is 0 Å². The lowest BCUT2D eigenvalue weighted by Crippen LogP contribution is -2.13. The summed E-state index contributed by atoms with van der Waals surface area (Å²) in [7, 11) is 0. The first-order chi connectivity index (χ1) is 12.3. The normalized spacial score (nSPS) is 15.7. The van der Waals surface area contributed by atoms with Crippen LogP contribution in [0.3, 0.4) is 0 Å². The van der Waals surface area contributed by atoms with E-state index >= 15 is 0 Å². The molecule has 8 nitrogen and oxygen atoms in total. The standard InChI is InChI=1S/C17H20N6O2/c18-13(9-11-5-2-1-3-6-11)16-21-22-17(24-16)19-10-14-20-15(25-23-14)12-7-4-8-12/h1-3,5-6,12-13H,4,7-10,18H2,(H,19,22)/t13-/m1/s1. The van der Waals surface area contributed by atoms with Crippen molar-refractivity contribution in [1.82, 2.24) is 20.3 Å². The zero-order valence-electron chi connectivity index (χ0n) is 13.8. The number of rotatable bonds is 7. The van der Waals surface area contributed by atoms with Crippen LogP contribution in [0.2, 0.25) is 0 Å². The van der Waals surface area contributed by atoms with Crippen molar-refractivity contribution in [2.24, 2.45) is 5.73 Å². The lowest BCUT2D eigenvalue weighted by atomic mass is 9.85. The molecule has 0 spiro atoms. The maximum atomic E-state index is 6.14. The van der Waals surface area contributed by atoms with Gasteiger partial charge in [0, 0.05) is 5.92 Å². The Morgan fingerprint density at radius 3 is 2.80 bits per heavy atom. The molecule has 3 N–H and O–H groups in total. The predicted octanol–water partition coefficient (Wildman–Crippen LogP) is 2.57. The molecular weight excluding hydrogens is 320 g/mol. The number of hydrogen-bond donors (Lipinski definition) is 2. The Bertz CT molecular complexity index is 811. The van der Waals surface area contributed by atoms with E-state index in [0.717, 1.165) is 24.3 Å². The van der Waals surface area contributed by atoms with E-state index in [1.165, 1.54) is 6.42 Å². The van der Waals surface area contributed by atoms with Crippen LogP contribution in [0.1, 0.15) is 54.4 Å². The monoisotopic (exact) mass is 340 g/mol. The van der Waals surface area contributed by atoms with Gasteiger partial charge in [0.05, 0.1) is 12.6 Å². The summed E-state index contributed by atoms with van der Waals surface area (Å²) in [5, 5.41) is 15.0. The Kier molecular flexibility index (Phi) is 4.43. The van der Waals surface area contributed by atoms with Crippen LogP contribution in [0.15, 0.2) is 39.3 Å². The molecule has 4 rings (SSSR count). The van der Waals surface area contributed by atoms with Gasteiger partial charge in [0.15, 0.2) is 5.82 Å². The van der Waals surface area contributed by atoms with Gasteiger partial charge in [0.25, 0.3) is 0 Å². The van der Waals surface area contributed by atoms with Crippen molar-refractivity contribution in [1.29, 1.82) is 0 Å². The van der Waals surface area contributed by atoms with Gasteiger partial charge in [-0.25, -0.2) is 0 Å². The van der Waals surface area contributed by atoms with Crippen LogP contribution < -0.4 is 11.1 Å². The molecule has 0 amide bonds. The third-order valence-electron chi connectivity index (χ3n) is 4.39. The van der Waals surface area contributed by atoms with Crippen molar-refractivity contribution in [3.05, 3.63) is 53.5 Å². The molecule has 1 atom stereocenters. The smallest absolute Gasteiger partial charge is 0.315 e. The fraction of sp³-hybridized carbons (Fsp3) is 0.412. The Morgan fingerprint density at radius 1 is 1.20 bits per heavy atom. The number of aromatic nitrogens is 4. The predicted molar refractivity (Wildman–Crippen MR) is 89.6 cm³/mol. The molecule has 0 radical (unpaired) electrons. The first-order valence-corrected chi connectivity index (χ1v) is 8.47. The van der Waals surface area contributed by atoms with E-state index in [-0.39, 0.29) is 6.04 Å². The van der Waals surface area contributed by atoms with Gasteiger partial charge in [-0.15, -0.1) is 5.10 Å². The number of anilines is 1. The van der Waals surface area contributed by atoms with Crippen LogP contribution in [0.5, 0.6) is 0 Å². The fourth-order valence-corrected chi connectivity index (χ4v) is 2.73. The SMILES string of the molecule is N[C@H](Cc1ccccc1)c1nnc(NCc2noc(C3CCC3)n2)o1. The van der Waals surface area contributed by atoms with Crippen molar-refractivity contribution in [3.63, 3.8) is 0 Å². The molecule has 25 heavy (non-hydrogen) atoms. The van der Waals surface area contributed by atoms with Crippen molar-refractivity contribution in [2.75, 3.05) is 5.32 Å². The average molecular weight is 340 g/mol. The zero-order chi connectivity index (χ0) is 17.1.